The molecule has 0 spiro atoms. The fourth-order valence-corrected chi connectivity index (χ4v) is 3.74. The minimum absolute atomic E-state index is 0.211. The van der Waals surface area contributed by atoms with Crippen LogP contribution in [0.2, 0.25) is 0 Å². The zero-order valence-electron chi connectivity index (χ0n) is 12.9. The summed E-state index contributed by atoms with van der Waals surface area (Å²) < 4.78 is 13.4. The maximum absolute atomic E-state index is 6.11. The van der Waals surface area contributed by atoms with Crippen molar-refractivity contribution in [2.45, 2.75) is 58.3 Å². The number of rotatable bonds is 3. The van der Waals surface area contributed by atoms with Crippen molar-refractivity contribution in [2.75, 3.05) is 13.1 Å². The van der Waals surface area contributed by atoms with E-state index in [1.807, 2.05) is 11.3 Å². The van der Waals surface area contributed by atoms with Crippen LogP contribution in [0.1, 0.15) is 45.4 Å². The summed E-state index contributed by atoms with van der Waals surface area (Å²) in [7, 11) is -0.211. The van der Waals surface area contributed by atoms with Gasteiger partial charge >= 0.3 is 7.12 Å². The molecule has 2 aliphatic rings. The molecule has 0 aromatic carbocycles. The van der Waals surface area contributed by atoms with Gasteiger partial charge in [0.05, 0.1) is 11.2 Å². The molecule has 0 aliphatic carbocycles. The van der Waals surface area contributed by atoms with Gasteiger partial charge in [-0.25, -0.2) is 0 Å². The lowest BCUT2D eigenvalue weighted by molar-refractivity contribution is 0.00578. The Kier molecular flexibility index (Phi) is 3.74. The zero-order valence-corrected chi connectivity index (χ0v) is 13.8. The van der Waals surface area contributed by atoms with Gasteiger partial charge in [0.2, 0.25) is 0 Å². The van der Waals surface area contributed by atoms with Crippen molar-refractivity contribution in [3.05, 3.63) is 17.0 Å². The average Bonchev–Trinajstić information content (AvgIpc) is 3.02. The molecule has 0 N–H and O–H groups in total. The standard InChI is InChI=1S/C15H24BNO2S/c1-14(2)15(3,4)19-16(18-14)13-8-7-12(20-13)11-17-9-5-6-10-17/h7-8H,5-6,9-11H2,1-4H3. The van der Waals surface area contributed by atoms with Crippen LogP contribution in [0.25, 0.3) is 0 Å². The van der Waals surface area contributed by atoms with Crippen molar-refractivity contribution in [2.24, 2.45) is 0 Å². The van der Waals surface area contributed by atoms with Gasteiger partial charge in [0.1, 0.15) is 0 Å². The minimum Gasteiger partial charge on any atom is -0.399 e. The van der Waals surface area contributed by atoms with Gasteiger partial charge in [-0.2, -0.15) is 0 Å². The summed E-state index contributed by atoms with van der Waals surface area (Å²) in [5.74, 6) is 0. The lowest BCUT2D eigenvalue weighted by Gasteiger charge is -2.32. The predicted molar refractivity (Wildman–Crippen MR) is 84.5 cm³/mol. The van der Waals surface area contributed by atoms with Crippen molar-refractivity contribution in [3.63, 3.8) is 0 Å². The highest BCUT2D eigenvalue weighted by Crippen LogP contribution is 2.37. The molecule has 5 heteroatoms. The van der Waals surface area contributed by atoms with Crippen LogP contribution in [-0.2, 0) is 15.9 Å². The zero-order chi connectivity index (χ0) is 14.4. The fraction of sp³-hybridized carbons (Fsp3) is 0.733. The molecular weight excluding hydrogens is 269 g/mol. The molecule has 0 saturated carbocycles. The SMILES string of the molecule is CC1(C)OB(c2ccc(CN3CCCC3)s2)OC1(C)C. The summed E-state index contributed by atoms with van der Waals surface area (Å²) in [4.78, 5) is 3.94. The van der Waals surface area contributed by atoms with Crippen LogP contribution in [0.5, 0.6) is 0 Å². The summed E-state index contributed by atoms with van der Waals surface area (Å²) in [6.07, 6.45) is 2.69. The third-order valence-electron chi connectivity index (χ3n) is 4.75. The van der Waals surface area contributed by atoms with Gasteiger partial charge in [-0.05, 0) is 59.7 Å². The first-order valence-corrected chi connectivity index (χ1v) is 8.36. The molecule has 1 aromatic rings. The van der Waals surface area contributed by atoms with Crippen molar-refractivity contribution >= 4 is 23.2 Å². The van der Waals surface area contributed by atoms with E-state index in [1.54, 1.807) is 0 Å². The Bertz CT molecular complexity index is 464. The lowest BCUT2D eigenvalue weighted by Crippen LogP contribution is -2.41. The van der Waals surface area contributed by atoms with Crippen LogP contribution < -0.4 is 4.78 Å². The Morgan fingerprint density at radius 3 is 2.30 bits per heavy atom. The molecular formula is C15H24BNO2S. The fourth-order valence-electron chi connectivity index (χ4n) is 2.73. The molecule has 3 rings (SSSR count). The van der Waals surface area contributed by atoms with E-state index in [0.29, 0.717) is 0 Å². The molecule has 0 amide bonds. The first-order valence-electron chi connectivity index (χ1n) is 7.54. The highest BCUT2D eigenvalue weighted by molar-refractivity contribution is 7.22. The van der Waals surface area contributed by atoms with Gasteiger partial charge in [-0.15, -0.1) is 11.3 Å². The molecule has 110 valence electrons. The van der Waals surface area contributed by atoms with Crippen LogP contribution in [0.3, 0.4) is 0 Å². The molecule has 3 nitrogen and oxygen atoms in total. The second kappa shape index (κ2) is 5.13. The molecule has 0 atom stereocenters. The molecule has 0 radical (unpaired) electrons. The van der Waals surface area contributed by atoms with Gasteiger partial charge < -0.3 is 9.31 Å². The monoisotopic (exact) mass is 293 g/mol. The molecule has 0 bridgehead atoms. The number of hydrogen-bond donors (Lipinski definition) is 0. The Balaban J connectivity index is 1.68. The maximum atomic E-state index is 6.11. The summed E-state index contributed by atoms with van der Waals surface area (Å²) >= 11 is 1.83. The van der Waals surface area contributed by atoms with E-state index in [4.69, 9.17) is 9.31 Å². The summed E-state index contributed by atoms with van der Waals surface area (Å²) in [5.41, 5.74) is -0.506. The Labute approximate surface area is 126 Å². The number of hydrogen-bond acceptors (Lipinski definition) is 4. The van der Waals surface area contributed by atoms with E-state index in [1.165, 1.54) is 35.6 Å². The predicted octanol–water partition coefficient (Wildman–Crippen LogP) is 2.64. The van der Waals surface area contributed by atoms with Crippen LogP contribution >= 0.6 is 11.3 Å². The van der Waals surface area contributed by atoms with E-state index >= 15 is 0 Å². The highest BCUT2D eigenvalue weighted by atomic mass is 32.1. The van der Waals surface area contributed by atoms with Gasteiger partial charge in [-0.3, -0.25) is 4.90 Å². The smallest absolute Gasteiger partial charge is 0.399 e. The number of likely N-dealkylation sites (tertiary alicyclic amines) is 1. The van der Waals surface area contributed by atoms with Crippen LogP contribution in [0.15, 0.2) is 12.1 Å². The molecule has 2 fully saturated rings. The van der Waals surface area contributed by atoms with Gasteiger partial charge in [0.25, 0.3) is 0 Å². The first kappa shape index (κ1) is 14.6. The lowest BCUT2D eigenvalue weighted by atomic mass is 9.88. The van der Waals surface area contributed by atoms with Gasteiger partial charge in [-0.1, -0.05) is 6.07 Å². The van der Waals surface area contributed by atoms with Crippen LogP contribution in [0.4, 0.5) is 0 Å². The summed E-state index contributed by atoms with van der Waals surface area (Å²) in [6.45, 7) is 12.0. The number of thiophene rings is 1. The molecule has 20 heavy (non-hydrogen) atoms. The summed E-state index contributed by atoms with van der Waals surface area (Å²) in [5, 5.41) is 0. The third-order valence-corrected chi connectivity index (χ3v) is 5.84. The van der Waals surface area contributed by atoms with Crippen LogP contribution in [-0.4, -0.2) is 36.3 Å². The van der Waals surface area contributed by atoms with Crippen molar-refractivity contribution in [1.82, 2.24) is 4.90 Å². The molecule has 2 aliphatic heterocycles. The second-order valence-electron chi connectivity index (χ2n) is 6.88. The van der Waals surface area contributed by atoms with Gasteiger partial charge in [0.15, 0.2) is 0 Å². The van der Waals surface area contributed by atoms with E-state index in [9.17, 15) is 0 Å². The maximum Gasteiger partial charge on any atom is 0.505 e. The topological polar surface area (TPSA) is 21.7 Å². The molecule has 1 aromatic heterocycles. The third kappa shape index (κ3) is 2.69. The molecule has 2 saturated heterocycles. The number of nitrogens with zero attached hydrogens (tertiary/aromatic N) is 1. The van der Waals surface area contributed by atoms with Crippen molar-refractivity contribution in [1.29, 1.82) is 0 Å². The van der Waals surface area contributed by atoms with E-state index in [0.717, 1.165) is 6.54 Å². The van der Waals surface area contributed by atoms with E-state index < -0.39 is 0 Å². The average molecular weight is 293 g/mol. The molecule has 0 unspecified atom stereocenters. The minimum atomic E-state index is -0.253. The quantitative estimate of drug-likeness (QED) is 0.800. The normalized spacial score (nSPS) is 25.5. The highest BCUT2D eigenvalue weighted by Gasteiger charge is 2.52. The first-order chi connectivity index (χ1) is 9.37. The Hall–Kier alpha value is -0.355. The van der Waals surface area contributed by atoms with E-state index in [-0.39, 0.29) is 18.3 Å². The second-order valence-corrected chi connectivity index (χ2v) is 8.08. The Morgan fingerprint density at radius 2 is 1.70 bits per heavy atom. The van der Waals surface area contributed by atoms with Gasteiger partial charge in [0, 0.05) is 16.2 Å². The molecule has 3 heterocycles. The Morgan fingerprint density at radius 1 is 1.10 bits per heavy atom. The largest absolute Gasteiger partial charge is 0.505 e. The van der Waals surface area contributed by atoms with Crippen molar-refractivity contribution in [3.8, 4) is 0 Å². The van der Waals surface area contributed by atoms with Crippen LogP contribution in [0, 0.1) is 0 Å². The van der Waals surface area contributed by atoms with Crippen molar-refractivity contribution < 1.29 is 9.31 Å². The summed E-state index contributed by atoms with van der Waals surface area (Å²) in [6, 6.07) is 4.39. The van der Waals surface area contributed by atoms with E-state index in [2.05, 4.69) is 44.7 Å².